The molecule has 0 fully saturated rings. The molecule has 0 spiro atoms. The van der Waals surface area contributed by atoms with E-state index < -0.39 is 5.60 Å². The number of aliphatic hydroxyl groups is 1. The maximum atomic E-state index is 10.4. The van der Waals surface area contributed by atoms with Gasteiger partial charge in [-0.1, -0.05) is 37.6 Å². The molecule has 0 heterocycles. The quantitative estimate of drug-likeness (QED) is 0.818. The van der Waals surface area contributed by atoms with E-state index in [-0.39, 0.29) is 5.92 Å². The minimum Gasteiger partial charge on any atom is -0.388 e. The molecule has 90 valence electrons. The van der Waals surface area contributed by atoms with Gasteiger partial charge in [0.15, 0.2) is 0 Å². The summed E-state index contributed by atoms with van der Waals surface area (Å²) in [6.07, 6.45) is 0.634. The summed E-state index contributed by atoms with van der Waals surface area (Å²) in [5, 5.41) is 10.4. The Labute approximate surface area is 98.5 Å². The number of rotatable bonds is 4. The Hall–Kier alpha value is -0.860. The lowest BCUT2D eigenvalue weighted by Crippen LogP contribution is -2.45. The Bertz CT molecular complexity index is 360. The van der Waals surface area contributed by atoms with E-state index in [0.717, 1.165) is 0 Å². The third kappa shape index (κ3) is 2.83. The molecular formula is C14H23NO. The van der Waals surface area contributed by atoms with Gasteiger partial charge in [0.2, 0.25) is 0 Å². The van der Waals surface area contributed by atoms with E-state index in [4.69, 9.17) is 5.73 Å². The maximum absolute atomic E-state index is 10.4. The molecule has 0 bridgehead atoms. The maximum Gasteiger partial charge on any atom is 0.0832 e. The molecule has 0 aliphatic carbocycles. The van der Waals surface area contributed by atoms with Crippen LogP contribution in [0.1, 0.15) is 30.5 Å². The number of nitrogens with two attached hydrogens (primary N) is 1. The smallest absolute Gasteiger partial charge is 0.0832 e. The highest BCUT2D eigenvalue weighted by Gasteiger charge is 2.29. The van der Waals surface area contributed by atoms with E-state index in [2.05, 4.69) is 32.0 Å². The lowest BCUT2D eigenvalue weighted by atomic mass is 9.83. The highest BCUT2D eigenvalue weighted by atomic mass is 16.3. The Balaban J connectivity index is 2.98. The first kappa shape index (κ1) is 13.2. The van der Waals surface area contributed by atoms with Gasteiger partial charge in [-0.2, -0.15) is 0 Å². The molecule has 0 saturated carbocycles. The summed E-state index contributed by atoms with van der Waals surface area (Å²) in [5.74, 6) is 0.164. The fourth-order valence-electron chi connectivity index (χ4n) is 1.83. The highest BCUT2D eigenvalue weighted by molar-refractivity contribution is 5.31. The normalized spacial score (nSPS) is 15.2. The monoisotopic (exact) mass is 221 g/mol. The lowest BCUT2D eigenvalue weighted by Gasteiger charge is -2.31. The van der Waals surface area contributed by atoms with Gasteiger partial charge >= 0.3 is 0 Å². The molecule has 0 aliphatic rings. The Morgan fingerprint density at radius 1 is 1.31 bits per heavy atom. The molecule has 2 nitrogen and oxygen atoms in total. The van der Waals surface area contributed by atoms with Gasteiger partial charge in [0.05, 0.1) is 5.60 Å². The largest absolute Gasteiger partial charge is 0.388 e. The molecule has 0 radical (unpaired) electrons. The molecule has 0 aliphatic heterocycles. The molecular weight excluding hydrogens is 198 g/mol. The van der Waals surface area contributed by atoms with Crippen molar-refractivity contribution in [2.75, 3.05) is 6.54 Å². The van der Waals surface area contributed by atoms with Gasteiger partial charge in [-0.15, -0.1) is 0 Å². The average molecular weight is 221 g/mol. The van der Waals surface area contributed by atoms with Gasteiger partial charge in [-0.25, -0.2) is 0 Å². The van der Waals surface area contributed by atoms with Crippen molar-refractivity contribution in [3.05, 3.63) is 34.9 Å². The number of hydrogen-bond acceptors (Lipinski definition) is 2. The van der Waals surface area contributed by atoms with Crippen LogP contribution in [0.4, 0.5) is 0 Å². The molecule has 3 N–H and O–H groups in total. The summed E-state index contributed by atoms with van der Waals surface area (Å²) in [5.41, 5.74) is 8.54. The van der Waals surface area contributed by atoms with E-state index >= 15 is 0 Å². The Kier molecular flexibility index (Phi) is 4.11. The van der Waals surface area contributed by atoms with E-state index in [1.54, 1.807) is 0 Å². The highest BCUT2D eigenvalue weighted by Crippen LogP contribution is 2.23. The van der Waals surface area contributed by atoms with Crippen molar-refractivity contribution < 1.29 is 5.11 Å². The van der Waals surface area contributed by atoms with Crippen LogP contribution < -0.4 is 5.73 Å². The fourth-order valence-corrected chi connectivity index (χ4v) is 1.83. The molecule has 0 amide bonds. The molecule has 1 rings (SSSR count). The van der Waals surface area contributed by atoms with E-state index in [1.165, 1.54) is 16.7 Å². The number of benzene rings is 1. The third-order valence-corrected chi connectivity index (χ3v) is 3.43. The van der Waals surface area contributed by atoms with Crippen LogP contribution in [0.5, 0.6) is 0 Å². The summed E-state index contributed by atoms with van der Waals surface area (Å²) in [4.78, 5) is 0. The van der Waals surface area contributed by atoms with Gasteiger partial charge in [-0.05, 0) is 30.9 Å². The second-order valence-corrected chi connectivity index (χ2v) is 5.07. The summed E-state index contributed by atoms with van der Waals surface area (Å²) in [6, 6.07) is 6.33. The first-order valence-corrected chi connectivity index (χ1v) is 5.87. The van der Waals surface area contributed by atoms with Gasteiger partial charge in [-0.3, -0.25) is 0 Å². The molecule has 0 aromatic heterocycles. The van der Waals surface area contributed by atoms with Gasteiger partial charge < -0.3 is 10.8 Å². The van der Waals surface area contributed by atoms with Crippen molar-refractivity contribution in [3.8, 4) is 0 Å². The molecule has 1 atom stereocenters. The van der Waals surface area contributed by atoms with Crippen LogP contribution in [-0.2, 0) is 6.42 Å². The molecule has 2 heteroatoms. The third-order valence-electron chi connectivity index (χ3n) is 3.43. The molecule has 0 saturated heterocycles. The first-order valence-electron chi connectivity index (χ1n) is 5.87. The number of aryl methyl sites for hydroxylation is 2. The molecule has 1 aromatic rings. The number of hydrogen-bond donors (Lipinski definition) is 2. The fraction of sp³-hybridized carbons (Fsp3) is 0.571. The van der Waals surface area contributed by atoms with Crippen LogP contribution >= 0.6 is 0 Å². The van der Waals surface area contributed by atoms with E-state index in [1.807, 2.05) is 13.8 Å². The Morgan fingerprint density at radius 2 is 1.94 bits per heavy atom. The van der Waals surface area contributed by atoms with Crippen molar-refractivity contribution in [1.82, 2.24) is 0 Å². The summed E-state index contributed by atoms with van der Waals surface area (Å²) < 4.78 is 0. The minimum absolute atomic E-state index is 0.164. The molecule has 1 aromatic carbocycles. The summed E-state index contributed by atoms with van der Waals surface area (Å²) >= 11 is 0. The predicted molar refractivity (Wildman–Crippen MR) is 68.5 cm³/mol. The Morgan fingerprint density at radius 3 is 2.44 bits per heavy atom. The van der Waals surface area contributed by atoms with Crippen LogP contribution in [0.25, 0.3) is 0 Å². The predicted octanol–water partition coefficient (Wildman–Crippen LogP) is 2.19. The zero-order chi connectivity index (χ0) is 12.3. The van der Waals surface area contributed by atoms with Crippen molar-refractivity contribution in [2.45, 2.75) is 39.7 Å². The molecule has 1 unspecified atom stereocenters. The summed E-state index contributed by atoms with van der Waals surface area (Å²) in [6.45, 7) is 8.47. The van der Waals surface area contributed by atoms with E-state index in [0.29, 0.717) is 13.0 Å². The molecule has 16 heavy (non-hydrogen) atoms. The second kappa shape index (κ2) is 4.98. The van der Waals surface area contributed by atoms with E-state index in [9.17, 15) is 5.11 Å². The van der Waals surface area contributed by atoms with Crippen molar-refractivity contribution >= 4 is 0 Å². The lowest BCUT2D eigenvalue weighted by molar-refractivity contribution is 0.00394. The first-order chi connectivity index (χ1) is 7.39. The second-order valence-electron chi connectivity index (χ2n) is 5.07. The van der Waals surface area contributed by atoms with Crippen LogP contribution in [0.15, 0.2) is 18.2 Å². The summed E-state index contributed by atoms with van der Waals surface area (Å²) in [7, 11) is 0. The van der Waals surface area contributed by atoms with Crippen molar-refractivity contribution in [2.24, 2.45) is 11.7 Å². The standard InChI is InChI=1S/C14H23NO/c1-10(2)14(16,9-15)8-13-7-11(3)5-6-12(13)4/h5-7,10,16H,8-9,15H2,1-4H3. The van der Waals surface area contributed by atoms with Gasteiger partial charge in [0, 0.05) is 13.0 Å². The van der Waals surface area contributed by atoms with Crippen LogP contribution in [0.3, 0.4) is 0 Å². The van der Waals surface area contributed by atoms with Gasteiger partial charge in [0.25, 0.3) is 0 Å². The van der Waals surface area contributed by atoms with Crippen molar-refractivity contribution in [3.63, 3.8) is 0 Å². The average Bonchev–Trinajstić information content (AvgIpc) is 2.23. The van der Waals surface area contributed by atoms with Crippen LogP contribution in [0, 0.1) is 19.8 Å². The van der Waals surface area contributed by atoms with Crippen LogP contribution in [0.2, 0.25) is 0 Å². The zero-order valence-electron chi connectivity index (χ0n) is 10.7. The minimum atomic E-state index is -0.793. The van der Waals surface area contributed by atoms with Crippen molar-refractivity contribution in [1.29, 1.82) is 0 Å². The SMILES string of the molecule is Cc1ccc(C)c(CC(O)(CN)C(C)C)c1. The topological polar surface area (TPSA) is 46.2 Å². The van der Waals surface area contributed by atoms with Gasteiger partial charge in [0.1, 0.15) is 0 Å². The zero-order valence-corrected chi connectivity index (χ0v) is 10.7. The van der Waals surface area contributed by atoms with Crippen LogP contribution in [-0.4, -0.2) is 17.3 Å².